The average Bonchev–Trinajstić information content (AvgIpc) is 1.96. The molecule has 66 valence electrons. The van der Waals surface area contributed by atoms with Crippen LogP contribution in [-0.4, -0.2) is 17.3 Å². The van der Waals surface area contributed by atoms with Gasteiger partial charge in [-0.2, -0.15) is 0 Å². The third-order valence-corrected chi connectivity index (χ3v) is 2.99. The van der Waals surface area contributed by atoms with Crippen LogP contribution in [0.4, 0.5) is 0 Å². The molecule has 0 radical (unpaired) electrons. The van der Waals surface area contributed by atoms with E-state index in [1.165, 1.54) is 12.8 Å². The summed E-state index contributed by atoms with van der Waals surface area (Å²) in [5.41, 5.74) is 5.01. The summed E-state index contributed by atoms with van der Waals surface area (Å²) in [5, 5.41) is 10.1. The van der Waals surface area contributed by atoms with Crippen LogP contribution in [-0.2, 0) is 0 Å². The minimum absolute atomic E-state index is 0.438. The van der Waals surface area contributed by atoms with Crippen LogP contribution in [0.15, 0.2) is 0 Å². The van der Waals surface area contributed by atoms with Crippen molar-refractivity contribution in [3.05, 3.63) is 0 Å². The standard InChI is InChI=1S/C9H19NO/c1-8-4-2-3-5-9(8,11)6-7-10/h8,11H,2-7,10H2,1H3. The Morgan fingerprint density at radius 1 is 1.55 bits per heavy atom. The van der Waals surface area contributed by atoms with Crippen molar-refractivity contribution in [1.29, 1.82) is 0 Å². The van der Waals surface area contributed by atoms with Crippen LogP contribution in [0.3, 0.4) is 0 Å². The van der Waals surface area contributed by atoms with Crippen molar-refractivity contribution in [2.75, 3.05) is 6.54 Å². The summed E-state index contributed by atoms with van der Waals surface area (Å²) >= 11 is 0. The van der Waals surface area contributed by atoms with E-state index >= 15 is 0 Å². The molecule has 0 aromatic heterocycles. The third-order valence-electron chi connectivity index (χ3n) is 2.99. The van der Waals surface area contributed by atoms with Crippen molar-refractivity contribution in [2.45, 2.75) is 44.6 Å². The van der Waals surface area contributed by atoms with Crippen molar-refractivity contribution in [3.8, 4) is 0 Å². The van der Waals surface area contributed by atoms with Crippen molar-refractivity contribution < 1.29 is 5.11 Å². The Hall–Kier alpha value is -0.0800. The first kappa shape index (κ1) is 9.01. The van der Waals surface area contributed by atoms with E-state index in [2.05, 4.69) is 6.92 Å². The molecular formula is C9H19NO. The highest BCUT2D eigenvalue weighted by Gasteiger charge is 2.34. The Bertz CT molecular complexity index is 123. The van der Waals surface area contributed by atoms with E-state index in [-0.39, 0.29) is 0 Å². The minimum atomic E-state index is -0.438. The lowest BCUT2D eigenvalue weighted by molar-refractivity contribution is -0.0457. The lowest BCUT2D eigenvalue weighted by Gasteiger charge is -2.37. The van der Waals surface area contributed by atoms with E-state index in [4.69, 9.17) is 5.73 Å². The molecule has 0 aromatic rings. The Balaban J connectivity index is 2.49. The van der Waals surface area contributed by atoms with E-state index in [0.29, 0.717) is 12.5 Å². The van der Waals surface area contributed by atoms with Crippen molar-refractivity contribution in [2.24, 2.45) is 11.7 Å². The Kier molecular flexibility index (Phi) is 2.90. The van der Waals surface area contributed by atoms with Gasteiger partial charge < -0.3 is 10.8 Å². The van der Waals surface area contributed by atoms with Crippen LogP contribution < -0.4 is 5.73 Å². The molecule has 1 rings (SSSR count). The highest BCUT2D eigenvalue weighted by Crippen LogP contribution is 2.35. The van der Waals surface area contributed by atoms with E-state index < -0.39 is 5.60 Å². The third kappa shape index (κ3) is 1.94. The molecule has 0 saturated heterocycles. The lowest BCUT2D eigenvalue weighted by atomic mass is 9.74. The quantitative estimate of drug-likeness (QED) is 0.634. The van der Waals surface area contributed by atoms with E-state index in [1.807, 2.05) is 0 Å². The fraction of sp³-hybridized carbons (Fsp3) is 1.00. The predicted molar refractivity (Wildman–Crippen MR) is 46.3 cm³/mol. The molecule has 3 N–H and O–H groups in total. The van der Waals surface area contributed by atoms with Crippen LogP contribution in [0.1, 0.15) is 39.0 Å². The summed E-state index contributed by atoms with van der Waals surface area (Å²) in [7, 11) is 0. The molecular weight excluding hydrogens is 138 g/mol. The van der Waals surface area contributed by atoms with Crippen LogP contribution in [0.5, 0.6) is 0 Å². The maximum atomic E-state index is 10.1. The van der Waals surface area contributed by atoms with Gasteiger partial charge in [0.1, 0.15) is 0 Å². The van der Waals surface area contributed by atoms with Crippen LogP contribution in [0.2, 0.25) is 0 Å². The second kappa shape index (κ2) is 3.55. The van der Waals surface area contributed by atoms with Gasteiger partial charge in [-0.1, -0.05) is 19.8 Å². The van der Waals surface area contributed by atoms with Gasteiger partial charge in [-0.3, -0.25) is 0 Å². The normalized spacial score (nSPS) is 39.0. The highest BCUT2D eigenvalue weighted by molar-refractivity contribution is 4.87. The molecule has 0 spiro atoms. The predicted octanol–water partition coefficient (Wildman–Crippen LogP) is 1.28. The maximum absolute atomic E-state index is 10.1. The van der Waals surface area contributed by atoms with Gasteiger partial charge in [0, 0.05) is 0 Å². The number of hydrogen-bond donors (Lipinski definition) is 2. The number of aliphatic hydroxyl groups is 1. The molecule has 1 saturated carbocycles. The van der Waals surface area contributed by atoms with E-state index in [0.717, 1.165) is 19.3 Å². The first-order valence-corrected chi connectivity index (χ1v) is 4.61. The molecule has 1 aliphatic carbocycles. The summed E-state index contributed by atoms with van der Waals surface area (Å²) in [4.78, 5) is 0. The van der Waals surface area contributed by atoms with Gasteiger partial charge in [0.15, 0.2) is 0 Å². The average molecular weight is 157 g/mol. The summed E-state index contributed by atoms with van der Waals surface area (Å²) in [6.45, 7) is 2.75. The van der Waals surface area contributed by atoms with Crippen LogP contribution in [0, 0.1) is 5.92 Å². The Morgan fingerprint density at radius 2 is 2.27 bits per heavy atom. The number of hydrogen-bond acceptors (Lipinski definition) is 2. The minimum Gasteiger partial charge on any atom is -0.390 e. The number of rotatable bonds is 2. The summed E-state index contributed by atoms with van der Waals surface area (Å²) in [5.74, 6) is 0.444. The van der Waals surface area contributed by atoms with E-state index in [1.54, 1.807) is 0 Å². The molecule has 11 heavy (non-hydrogen) atoms. The van der Waals surface area contributed by atoms with Gasteiger partial charge in [0.25, 0.3) is 0 Å². The second-order valence-corrected chi connectivity index (χ2v) is 3.79. The topological polar surface area (TPSA) is 46.2 Å². The van der Waals surface area contributed by atoms with Gasteiger partial charge >= 0.3 is 0 Å². The fourth-order valence-electron chi connectivity index (χ4n) is 2.02. The molecule has 1 aliphatic rings. The molecule has 0 heterocycles. The van der Waals surface area contributed by atoms with E-state index in [9.17, 15) is 5.11 Å². The van der Waals surface area contributed by atoms with Crippen LogP contribution >= 0.6 is 0 Å². The molecule has 2 atom stereocenters. The zero-order valence-electron chi connectivity index (χ0n) is 7.34. The van der Waals surface area contributed by atoms with Gasteiger partial charge in [-0.05, 0) is 31.7 Å². The Morgan fingerprint density at radius 3 is 2.82 bits per heavy atom. The molecule has 0 bridgehead atoms. The summed E-state index contributed by atoms with van der Waals surface area (Å²) in [6, 6.07) is 0. The highest BCUT2D eigenvalue weighted by atomic mass is 16.3. The lowest BCUT2D eigenvalue weighted by Crippen LogP contribution is -2.40. The zero-order valence-corrected chi connectivity index (χ0v) is 7.34. The first-order chi connectivity index (χ1) is 5.19. The molecule has 0 aliphatic heterocycles. The molecule has 0 aromatic carbocycles. The molecule has 0 amide bonds. The summed E-state index contributed by atoms with van der Waals surface area (Å²) in [6.07, 6.45) is 5.32. The Labute approximate surface area is 68.8 Å². The summed E-state index contributed by atoms with van der Waals surface area (Å²) < 4.78 is 0. The van der Waals surface area contributed by atoms with Crippen LogP contribution in [0.25, 0.3) is 0 Å². The van der Waals surface area contributed by atoms with Crippen molar-refractivity contribution in [1.82, 2.24) is 0 Å². The van der Waals surface area contributed by atoms with Crippen molar-refractivity contribution in [3.63, 3.8) is 0 Å². The zero-order chi connectivity index (χ0) is 8.32. The largest absolute Gasteiger partial charge is 0.390 e. The van der Waals surface area contributed by atoms with Gasteiger partial charge in [-0.15, -0.1) is 0 Å². The molecule has 2 heteroatoms. The second-order valence-electron chi connectivity index (χ2n) is 3.79. The molecule has 1 fully saturated rings. The number of nitrogens with two attached hydrogens (primary N) is 1. The SMILES string of the molecule is CC1CCCCC1(O)CCN. The van der Waals surface area contributed by atoms with Gasteiger partial charge in [-0.25, -0.2) is 0 Å². The molecule has 2 unspecified atom stereocenters. The fourth-order valence-corrected chi connectivity index (χ4v) is 2.02. The molecule has 2 nitrogen and oxygen atoms in total. The van der Waals surface area contributed by atoms with Crippen molar-refractivity contribution >= 4 is 0 Å². The monoisotopic (exact) mass is 157 g/mol. The van der Waals surface area contributed by atoms with Gasteiger partial charge in [0.2, 0.25) is 0 Å². The smallest absolute Gasteiger partial charge is 0.0685 e. The van der Waals surface area contributed by atoms with Gasteiger partial charge in [0.05, 0.1) is 5.60 Å². The maximum Gasteiger partial charge on any atom is 0.0685 e. The first-order valence-electron chi connectivity index (χ1n) is 4.61.